The fraction of sp³-hybridized carbons (Fsp3) is 0.600. The molecule has 188 valence electrons. The summed E-state index contributed by atoms with van der Waals surface area (Å²) < 4.78 is 21.5. The molecule has 9 heteroatoms. The number of carbonyl (C=O) groups is 2. The number of Topliss-reactive ketones (excluding diaryl/α,β-unsaturated/α-hetero) is 1. The third-order valence-corrected chi connectivity index (χ3v) is 5.55. The lowest BCUT2D eigenvalue weighted by molar-refractivity contribution is 0.0257. The lowest BCUT2D eigenvalue weighted by Crippen LogP contribution is -2.39. The highest BCUT2D eigenvalue weighted by Crippen LogP contribution is 2.39. The van der Waals surface area contributed by atoms with Crippen LogP contribution in [0.4, 0.5) is 4.79 Å². The van der Waals surface area contributed by atoms with Crippen molar-refractivity contribution in [3.63, 3.8) is 0 Å². The zero-order chi connectivity index (χ0) is 25.3. The van der Waals surface area contributed by atoms with E-state index in [0.29, 0.717) is 55.4 Å². The number of methoxy groups -OCH3 is 3. The minimum Gasteiger partial charge on any atom is -0.493 e. The number of rotatable bonds is 9. The van der Waals surface area contributed by atoms with E-state index in [1.165, 1.54) is 27.4 Å². The predicted octanol–water partition coefficient (Wildman–Crippen LogP) is 3.23. The van der Waals surface area contributed by atoms with Crippen LogP contribution in [0, 0.1) is 5.92 Å². The van der Waals surface area contributed by atoms with Gasteiger partial charge in [0.05, 0.1) is 27.2 Å². The van der Waals surface area contributed by atoms with Crippen LogP contribution in [-0.4, -0.2) is 87.3 Å². The van der Waals surface area contributed by atoms with Crippen molar-refractivity contribution in [1.82, 2.24) is 9.80 Å². The second kappa shape index (κ2) is 12.4. The predicted molar refractivity (Wildman–Crippen MR) is 128 cm³/mol. The Morgan fingerprint density at radius 1 is 1.03 bits per heavy atom. The molecule has 0 aliphatic carbocycles. The summed E-state index contributed by atoms with van der Waals surface area (Å²) >= 11 is 0. The van der Waals surface area contributed by atoms with Crippen molar-refractivity contribution < 1.29 is 33.3 Å². The molecule has 0 aromatic heterocycles. The number of ketones is 1. The van der Waals surface area contributed by atoms with Crippen molar-refractivity contribution in [2.24, 2.45) is 5.92 Å². The number of allylic oxidation sites excluding steroid dienone is 1. The highest BCUT2D eigenvalue weighted by molar-refractivity contribution is 6.00. The van der Waals surface area contributed by atoms with E-state index in [1.807, 2.05) is 20.8 Å². The molecule has 0 saturated carbocycles. The van der Waals surface area contributed by atoms with Crippen LogP contribution in [0.2, 0.25) is 0 Å². The summed E-state index contributed by atoms with van der Waals surface area (Å²) in [6.45, 7) is 8.75. The van der Waals surface area contributed by atoms with Gasteiger partial charge in [-0.2, -0.15) is 0 Å². The van der Waals surface area contributed by atoms with E-state index in [2.05, 4.69) is 4.90 Å². The molecule has 1 atom stereocenters. The molecule has 1 aliphatic heterocycles. The summed E-state index contributed by atoms with van der Waals surface area (Å²) in [5, 5.41) is 0. The van der Waals surface area contributed by atoms with Crippen molar-refractivity contribution >= 4 is 17.8 Å². The molecule has 1 aromatic rings. The maximum absolute atomic E-state index is 13.2. The lowest BCUT2D eigenvalue weighted by atomic mass is 9.93. The molecule has 1 fully saturated rings. The van der Waals surface area contributed by atoms with Gasteiger partial charge >= 0.3 is 6.09 Å². The van der Waals surface area contributed by atoms with Crippen LogP contribution in [0.5, 0.6) is 17.2 Å². The summed E-state index contributed by atoms with van der Waals surface area (Å²) in [4.78, 5) is 40.7. The van der Waals surface area contributed by atoms with E-state index in [9.17, 15) is 14.4 Å². The SMILES string of the molecule is COc1cc(C(=O)[C@H](C=C=O)CCN2CCCN(C(=O)OC(C)(C)C)CC2)cc(OC)c1OC. The zero-order valence-corrected chi connectivity index (χ0v) is 21.0. The Labute approximate surface area is 201 Å². The van der Waals surface area contributed by atoms with Gasteiger partial charge in [-0.3, -0.25) is 4.79 Å². The van der Waals surface area contributed by atoms with Gasteiger partial charge in [0.25, 0.3) is 0 Å². The maximum atomic E-state index is 13.2. The van der Waals surface area contributed by atoms with Crippen molar-refractivity contribution in [3.8, 4) is 17.2 Å². The van der Waals surface area contributed by atoms with Gasteiger partial charge in [0.2, 0.25) is 5.75 Å². The summed E-state index contributed by atoms with van der Waals surface area (Å²) in [5.74, 6) is 2.02. The monoisotopic (exact) mass is 476 g/mol. The largest absolute Gasteiger partial charge is 0.493 e. The Kier molecular flexibility index (Phi) is 9.96. The van der Waals surface area contributed by atoms with E-state index < -0.39 is 11.5 Å². The van der Waals surface area contributed by atoms with Crippen LogP contribution in [0.25, 0.3) is 0 Å². The van der Waals surface area contributed by atoms with Crippen molar-refractivity contribution in [2.45, 2.75) is 39.2 Å². The summed E-state index contributed by atoms with van der Waals surface area (Å²) in [5.41, 5.74) is -0.178. The number of amides is 1. The van der Waals surface area contributed by atoms with Gasteiger partial charge in [-0.1, -0.05) is 0 Å². The summed E-state index contributed by atoms with van der Waals surface area (Å²) in [7, 11) is 4.45. The molecule has 34 heavy (non-hydrogen) atoms. The number of nitrogens with zero attached hydrogens (tertiary/aromatic N) is 2. The molecule has 1 amide bonds. The van der Waals surface area contributed by atoms with Gasteiger partial charge in [-0.15, -0.1) is 0 Å². The van der Waals surface area contributed by atoms with E-state index >= 15 is 0 Å². The maximum Gasteiger partial charge on any atom is 0.410 e. The first-order valence-electron chi connectivity index (χ1n) is 11.4. The topological polar surface area (TPSA) is 94.6 Å². The molecule has 2 rings (SSSR count). The molecule has 1 heterocycles. The first-order valence-corrected chi connectivity index (χ1v) is 11.4. The highest BCUT2D eigenvalue weighted by Gasteiger charge is 2.26. The molecule has 0 N–H and O–H groups in total. The van der Waals surface area contributed by atoms with E-state index in [4.69, 9.17) is 18.9 Å². The molecule has 0 bridgehead atoms. The third-order valence-electron chi connectivity index (χ3n) is 5.55. The number of hydrogen-bond donors (Lipinski definition) is 0. The highest BCUT2D eigenvalue weighted by atomic mass is 16.6. The van der Waals surface area contributed by atoms with Gasteiger partial charge in [-0.25, -0.2) is 9.59 Å². The number of hydrogen-bond acceptors (Lipinski definition) is 8. The van der Waals surface area contributed by atoms with Gasteiger partial charge in [0, 0.05) is 31.3 Å². The van der Waals surface area contributed by atoms with E-state index in [1.54, 1.807) is 23.0 Å². The molecule has 0 radical (unpaired) electrons. The zero-order valence-electron chi connectivity index (χ0n) is 21.0. The third kappa shape index (κ3) is 7.50. The molecule has 0 spiro atoms. The molecule has 1 aliphatic rings. The van der Waals surface area contributed by atoms with Crippen LogP contribution in [-0.2, 0) is 9.53 Å². The van der Waals surface area contributed by atoms with Gasteiger partial charge in [0.15, 0.2) is 17.3 Å². The van der Waals surface area contributed by atoms with Crippen LogP contribution in [0.1, 0.15) is 44.0 Å². The first-order chi connectivity index (χ1) is 16.1. The quantitative estimate of drug-likeness (QED) is 0.396. The first kappa shape index (κ1) is 27.2. The van der Waals surface area contributed by atoms with Crippen molar-refractivity contribution in [3.05, 3.63) is 23.8 Å². The molecular formula is C25H36N2O7. The van der Waals surface area contributed by atoms with Crippen LogP contribution in [0.15, 0.2) is 18.2 Å². The average Bonchev–Trinajstić information content (AvgIpc) is 3.05. The Morgan fingerprint density at radius 3 is 2.21 bits per heavy atom. The molecule has 0 unspecified atom stereocenters. The number of carbonyl (C=O) groups excluding carboxylic acids is 3. The normalized spacial score (nSPS) is 15.5. The minimum absolute atomic E-state index is 0.229. The number of ether oxygens (including phenoxy) is 4. The van der Waals surface area contributed by atoms with E-state index in [-0.39, 0.29) is 11.9 Å². The fourth-order valence-corrected chi connectivity index (χ4v) is 3.83. The van der Waals surface area contributed by atoms with Crippen molar-refractivity contribution in [1.29, 1.82) is 0 Å². The van der Waals surface area contributed by atoms with Crippen LogP contribution >= 0.6 is 0 Å². The van der Waals surface area contributed by atoms with Gasteiger partial charge < -0.3 is 28.7 Å². The molecule has 1 saturated heterocycles. The minimum atomic E-state index is -0.648. The number of benzene rings is 1. The molecule has 1 aromatic carbocycles. The standard InChI is InChI=1S/C25H36N2O7/c1-25(2,3)34-24(30)27-11-7-10-26(13-14-27)12-8-18(9-15-28)22(29)19-16-20(31-4)23(33-6)21(17-19)32-5/h9,16-18H,7-8,10-14H2,1-6H3/t18-/m0/s1. The van der Waals surface area contributed by atoms with Crippen LogP contribution < -0.4 is 14.2 Å². The average molecular weight is 477 g/mol. The second-order valence-corrected chi connectivity index (χ2v) is 9.12. The smallest absolute Gasteiger partial charge is 0.410 e. The van der Waals surface area contributed by atoms with Crippen molar-refractivity contribution in [2.75, 3.05) is 54.1 Å². The van der Waals surface area contributed by atoms with Gasteiger partial charge in [0.1, 0.15) is 11.5 Å². The Morgan fingerprint density at radius 2 is 1.68 bits per heavy atom. The molecule has 9 nitrogen and oxygen atoms in total. The fourth-order valence-electron chi connectivity index (χ4n) is 3.83. The van der Waals surface area contributed by atoms with E-state index in [0.717, 1.165) is 13.0 Å². The summed E-state index contributed by atoms with van der Waals surface area (Å²) in [6, 6.07) is 3.17. The lowest BCUT2D eigenvalue weighted by Gasteiger charge is -2.26. The van der Waals surface area contributed by atoms with Gasteiger partial charge in [-0.05, 0) is 58.8 Å². The Bertz CT molecular complexity index is 878. The van der Waals surface area contributed by atoms with Crippen LogP contribution in [0.3, 0.4) is 0 Å². The Hall–Kier alpha value is -3.03. The summed E-state index contributed by atoms with van der Waals surface area (Å²) in [6.07, 6.45) is 2.19. The molecular weight excluding hydrogens is 440 g/mol. The Balaban J connectivity index is 2.06. The second-order valence-electron chi connectivity index (χ2n) is 9.12.